The molecule has 0 fully saturated rings. The molecule has 0 spiro atoms. The number of nitrogens with one attached hydrogen (secondary N) is 1. The van der Waals surface area contributed by atoms with Gasteiger partial charge in [0.2, 0.25) is 0 Å². The van der Waals surface area contributed by atoms with E-state index in [1.54, 1.807) is 19.1 Å². The number of hydrogen-bond acceptors (Lipinski definition) is 3. The summed E-state index contributed by atoms with van der Waals surface area (Å²) in [6, 6.07) is 11.2. The Labute approximate surface area is 121 Å². The maximum atomic E-state index is 11.7. The molecule has 2 rings (SSSR count). The number of rotatable bonds is 4. The molecule has 102 valence electrons. The second-order valence-electron chi connectivity index (χ2n) is 4.03. The van der Waals surface area contributed by atoms with Crippen molar-refractivity contribution in [3.63, 3.8) is 0 Å². The molecule has 0 aliphatic rings. The molecule has 1 aromatic carbocycles. The first-order valence-corrected chi connectivity index (χ1v) is 6.34. The van der Waals surface area contributed by atoms with E-state index in [9.17, 15) is 4.79 Å². The van der Waals surface area contributed by atoms with Gasteiger partial charge < -0.3 is 4.42 Å². The van der Waals surface area contributed by atoms with E-state index in [2.05, 4.69) is 10.5 Å². The van der Waals surface area contributed by atoms with Crippen molar-refractivity contribution in [2.24, 2.45) is 5.10 Å². The average molecular weight is 289 g/mol. The number of allylic oxidation sites excluding steroid dienone is 1. The minimum atomic E-state index is -0.336. The molecule has 0 saturated heterocycles. The van der Waals surface area contributed by atoms with Gasteiger partial charge in [-0.05, 0) is 24.6 Å². The first-order chi connectivity index (χ1) is 9.66. The molecule has 1 aromatic heterocycles. The van der Waals surface area contributed by atoms with Crippen molar-refractivity contribution in [3.05, 3.63) is 64.6 Å². The van der Waals surface area contributed by atoms with E-state index in [-0.39, 0.29) is 5.91 Å². The quantitative estimate of drug-likeness (QED) is 0.690. The van der Waals surface area contributed by atoms with Gasteiger partial charge in [0.05, 0.1) is 23.1 Å². The Kier molecular flexibility index (Phi) is 4.74. The standard InChI is InChI=1S/C15H13ClN2O2/c1-11-14(7-8-20-11)15(19)18-17-10-13(16)9-12-5-3-2-4-6-12/h2-10H,1H3,(H,18,19)/b13-9-,17-10-. The summed E-state index contributed by atoms with van der Waals surface area (Å²) >= 11 is 6.00. The molecule has 1 N–H and O–H groups in total. The van der Waals surface area contributed by atoms with E-state index in [4.69, 9.17) is 16.0 Å². The van der Waals surface area contributed by atoms with Crippen molar-refractivity contribution in [3.8, 4) is 0 Å². The average Bonchev–Trinajstić information content (AvgIpc) is 2.86. The van der Waals surface area contributed by atoms with Gasteiger partial charge in [0, 0.05) is 0 Å². The highest BCUT2D eigenvalue weighted by Crippen LogP contribution is 2.09. The smallest absolute Gasteiger partial charge is 0.274 e. The van der Waals surface area contributed by atoms with Crippen molar-refractivity contribution >= 4 is 29.8 Å². The molecule has 1 amide bonds. The SMILES string of the molecule is Cc1occc1C(=O)N/N=C\C(Cl)=C\c1ccccc1. The van der Waals surface area contributed by atoms with Crippen LogP contribution in [0.2, 0.25) is 0 Å². The predicted molar refractivity (Wildman–Crippen MR) is 79.7 cm³/mol. The van der Waals surface area contributed by atoms with Crippen LogP contribution in [0.25, 0.3) is 6.08 Å². The summed E-state index contributed by atoms with van der Waals surface area (Å²) in [4.78, 5) is 11.7. The van der Waals surface area contributed by atoms with Gasteiger partial charge in [-0.15, -0.1) is 0 Å². The first kappa shape index (κ1) is 14.1. The van der Waals surface area contributed by atoms with Gasteiger partial charge >= 0.3 is 0 Å². The van der Waals surface area contributed by atoms with Crippen molar-refractivity contribution in [2.75, 3.05) is 0 Å². The summed E-state index contributed by atoms with van der Waals surface area (Å²) in [6.45, 7) is 1.71. The number of hydrogen-bond donors (Lipinski definition) is 1. The minimum absolute atomic E-state index is 0.336. The lowest BCUT2D eigenvalue weighted by molar-refractivity contribution is 0.0953. The third kappa shape index (κ3) is 3.83. The maximum absolute atomic E-state index is 11.7. The summed E-state index contributed by atoms with van der Waals surface area (Å²) < 4.78 is 5.04. The Balaban J connectivity index is 1.95. The molecular weight excluding hydrogens is 276 g/mol. The van der Waals surface area contributed by atoms with Gasteiger partial charge in [-0.1, -0.05) is 41.9 Å². The highest BCUT2D eigenvalue weighted by atomic mass is 35.5. The zero-order valence-electron chi connectivity index (χ0n) is 10.8. The number of furan rings is 1. The molecular formula is C15H13ClN2O2. The second kappa shape index (κ2) is 6.73. The summed E-state index contributed by atoms with van der Waals surface area (Å²) in [7, 11) is 0. The highest BCUT2D eigenvalue weighted by Gasteiger charge is 2.09. The van der Waals surface area contributed by atoms with Crippen LogP contribution >= 0.6 is 11.6 Å². The van der Waals surface area contributed by atoms with Gasteiger partial charge in [-0.25, -0.2) is 5.43 Å². The van der Waals surface area contributed by atoms with E-state index in [1.165, 1.54) is 12.5 Å². The number of nitrogens with zero attached hydrogens (tertiary/aromatic N) is 1. The fourth-order valence-electron chi connectivity index (χ4n) is 1.58. The maximum Gasteiger partial charge on any atom is 0.274 e. The third-order valence-corrected chi connectivity index (χ3v) is 2.77. The Morgan fingerprint density at radius 3 is 2.70 bits per heavy atom. The lowest BCUT2D eigenvalue weighted by Gasteiger charge is -1.97. The molecule has 2 aromatic rings. The van der Waals surface area contributed by atoms with Gasteiger partial charge in [0.15, 0.2) is 0 Å². The molecule has 0 aliphatic carbocycles. The van der Waals surface area contributed by atoms with E-state index < -0.39 is 0 Å². The number of hydrazone groups is 1. The van der Waals surface area contributed by atoms with Crippen LogP contribution in [0, 0.1) is 6.92 Å². The van der Waals surface area contributed by atoms with Crippen LogP contribution in [0.1, 0.15) is 21.7 Å². The summed E-state index contributed by atoms with van der Waals surface area (Å²) in [5, 5.41) is 4.22. The van der Waals surface area contributed by atoms with Crippen LogP contribution in [-0.4, -0.2) is 12.1 Å². The zero-order valence-corrected chi connectivity index (χ0v) is 11.6. The van der Waals surface area contributed by atoms with Gasteiger partial charge in [-0.2, -0.15) is 5.10 Å². The Hall–Kier alpha value is -2.33. The molecule has 0 saturated carbocycles. The van der Waals surface area contributed by atoms with Crippen LogP contribution in [-0.2, 0) is 0 Å². The lowest BCUT2D eigenvalue weighted by Crippen LogP contribution is -2.17. The molecule has 0 atom stereocenters. The number of benzene rings is 1. The molecule has 0 bridgehead atoms. The zero-order chi connectivity index (χ0) is 14.4. The van der Waals surface area contributed by atoms with Crippen molar-refractivity contribution in [1.29, 1.82) is 0 Å². The topological polar surface area (TPSA) is 54.6 Å². The van der Waals surface area contributed by atoms with E-state index in [0.717, 1.165) is 5.56 Å². The van der Waals surface area contributed by atoms with Gasteiger partial charge in [0.1, 0.15) is 5.76 Å². The number of carbonyl (C=O) groups is 1. The molecule has 5 heteroatoms. The predicted octanol–water partition coefficient (Wildman–Crippen LogP) is 3.58. The van der Waals surface area contributed by atoms with Gasteiger partial charge in [-0.3, -0.25) is 4.79 Å². The number of halogens is 1. The monoisotopic (exact) mass is 288 g/mol. The molecule has 4 nitrogen and oxygen atoms in total. The normalized spacial score (nSPS) is 11.8. The Bertz CT molecular complexity index is 645. The number of carbonyl (C=O) groups excluding carboxylic acids is 1. The number of aryl methyl sites for hydroxylation is 1. The molecule has 0 unspecified atom stereocenters. The van der Waals surface area contributed by atoms with Crippen molar-refractivity contribution in [1.82, 2.24) is 5.43 Å². The third-order valence-electron chi connectivity index (χ3n) is 2.56. The van der Waals surface area contributed by atoms with Crippen molar-refractivity contribution in [2.45, 2.75) is 6.92 Å². The van der Waals surface area contributed by atoms with Gasteiger partial charge in [0.25, 0.3) is 5.91 Å². The Morgan fingerprint density at radius 2 is 2.05 bits per heavy atom. The fourth-order valence-corrected chi connectivity index (χ4v) is 1.75. The summed E-state index contributed by atoms with van der Waals surface area (Å²) in [5.74, 6) is 0.209. The minimum Gasteiger partial charge on any atom is -0.469 e. The van der Waals surface area contributed by atoms with Crippen molar-refractivity contribution < 1.29 is 9.21 Å². The van der Waals surface area contributed by atoms with Crippen LogP contribution in [0.4, 0.5) is 0 Å². The molecule has 1 heterocycles. The molecule has 0 aliphatic heterocycles. The van der Waals surface area contributed by atoms with Crippen LogP contribution in [0.15, 0.2) is 57.2 Å². The number of amides is 1. The van der Waals surface area contributed by atoms with E-state index in [1.807, 2.05) is 30.3 Å². The van der Waals surface area contributed by atoms with Crippen LogP contribution in [0.3, 0.4) is 0 Å². The highest BCUT2D eigenvalue weighted by molar-refractivity contribution is 6.41. The first-order valence-electron chi connectivity index (χ1n) is 5.96. The van der Waals surface area contributed by atoms with E-state index in [0.29, 0.717) is 16.4 Å². The molecule has 0 radical (unpaired) electrons. The fraction of sp³-hybridized carbons (Fsp3) is 0.0667. The molecule has 20 heavy (non-hydrogen) atoms. The van der Waals surface area contributed by atoms with E-state index >= 15 is 0 Å². The lowest BCUT2D eigenvalue weighted by atomic mass is 10.2. The summed E-state index contributed by atoms with van der Waals surface area (Å²) in [5.41, 5.74) is 3.80. The summed E-state index contributed by atoms with van der Waals surface area (Å²) in [6.07, 6.45) is 4.58. The second-order valence-corrected chi connectivity index (χ2v) is 4.47. The van der Waals surface area contributed by atoms with Crippen LogP contribution < -0.4 is 5.43 Å². The van der Waals surface area contributed by atoms with Crippen LogP contribution in [0.5, 0.6) is 0 Å². The largest absolute Gasteiger partial charge is 0.469 e. The Morgan fingerprint density at radius 1 is 1.30 bits per heavy atom.